The number of ether oxygens (including phenoxy) is 5. The fourth-order valence-electron chi connectivity index (χ4n) is 3.62. The Morgan fingerprint density at radius 3 is 1.79 bits per heavy atom. The Morgan fingerprint density at radius 1 is 0.765 bits per heavy atom. The fraction of sp³-hybridized carbons (Fsp3) is 0.522. The number of hydrogen-bond donors (Lipinski definition) is 0. The second kappa shape index (κ2) is 12.1. The van der Waals surface area contributed by atoms with Gasteiger partial charge in [0.25, 0.3) is 0 Å². The van der Waals surface area contributed by atoms with Crippen LogP contribution in [0.4, 0.5) is 0 Å². The minimum atomic E-state index is -1.35. The SMILES string of the molecule is CC(=O)OC[C@@H]1O[C@H](N(Cc2ccccc2)C(C)=O)[C@@H](OC(C)=O)[C@H](OC(C)=O)[C@H]1OC(C)=O. The summed E-state index contributed by atoms with van der Waals surface area (Å²) in [4.78, 5) is 61.1. The lowest BCUT2D eigenvalue weighted by molar-refractivity contribution is -0.276. The van der Waals surface area contributed by atoms with Gasteiger partial charge in [-0.1, -0.05) is 30.3 Å². The third kappa shape index (κ3) is 7.55. The van der Waals surface area contributed by atoms with Crippen molar-refractivity contribution in [1.82, 2.24) is 4.90 Å². The van der Waals surface area contributed by atoms with Gasteiger partial charge in [-0.15, -0.1) is 0 Å². The van der Waals surface area contributed by atoms with Gasteiger partial charge in [-0.3, -0.25) is 24.0 Å². The first-order valence-corrected chi connectivity index (χ1v) is 10.6. The summed E-state index contributed by atoms with van der Waals surface area (Å²) in [6.45, 7) is 5.60. The molecule has 1 fully saturated rings. The third-order valence-corrected chi connectivity index (χ3v) is 4.87. The van der Waals surface area contributed by atoms with Crippen LogP contribution in [0.25, 0.3) is 0 Å². The first-order valence-electron chi connectivity index (χ1n) is 10.6. The number of benzene rings is 1. The highest BCUT2D eigenvalue weighted by Crippen LogP contribution is 2.32. The second-order valence-electron chi connectivity index (χ2n) is 7.72. The number of carbonyl (C=O) groups is 5. The van der Waals surface area contributed by atoms with Gasteiger partial charge in [0.2, 0.25) is 5.91 Å². The number of amides is 1. The monoisotopic (exact) mass is 479 g/mol. The van der Waals surface area contributed by atoms with E-state index in [-0.39, 0.29) is 13.2 Å². The zero-order valence-corrected chi connectivity index (χ0v) is 19.7. The fourth-order valence-corrected chi connectivity index (χ4v) is 3.62. The molecule has 11 nitrogen and oxygen atoms in total. The van der Waals surface area contributed by atoms with E-state index in [1.165, 1.54) is 18.7 Å². The highest BCUT2D eigenvalue weighted by molar-refractivity contribution is 5.74. The average molecular weight is 479 g/mol. The zero-order valence-electron chi connectivity index (χ0n) is 19.7. The molecule has 5 atom stereocenters. The number of esters is 4. The van der Waals surface area contributed by atoms with Gasteiger partial charge in [0.05, 0.1) is 0 Å². The lowest BCUT2D eigenvalue weighted by Gasteiger charge is -2.47. The van der Waals surface area contributed by atoms with E-state index in [0.29, 0.717) is 0 Å². The van der Waals surface area contributed by atoms with Gasteiger partial charge >= 0.3 is 23.9 Å². The van der Waals surface area contributed by atoms with Crippen LogP contribution in [0, 0.1) is 0 Å². The standard InChI is InChI=1S/C23H29NO10/c1-13(25)24(11-18-9-7-6-8-10-18)23-22(33-17(5)29)21(32-16(4)28)20(31-15(3)27)19(34-23)12-30-14(2)26/h6-10,19-23H,11-12H2,1-5H3/t19-,20-,21+,22-,23-/m0/s1. The van der Waals surface area contributed by atoms with Gasteiger partial charge in [0.1, 0.15) is 12.7 Å². The molecule has 0 N–H and O–H groups in total. The molecule has 1 aromatic rings. The molecule has 34 heavy (non-hydrogen) atoms. The van der Waals surface area contributed by atoms with Crippen LogP contribution in [0.3, 0.4) is 0 Å². The Labute approximate surface area is 197 Å². The van der Waals surface area contributed by atoms with Crippen LogP contribution in [-0.4, -0.2) is 71.9 Å². The molecule has 0 aromatic heterocycles. The van der Waals surface area contributed by atoms with E-state index in [1.807, 2.05) is 6.07 Å². The second-order valence-corrected chi connectivity index (χ2v) is 7.72. The Kier molecular flexibility index (Phi) is 9.55. The highest BCUT2D eigenvalue weighted by atomic mass is 16.7. The van der Waals surface area contributed by atoms with Crippen molar-refractivity contribution in [1.29, 1.82) is 0 Å². The lowest BCUT2D eigenvalue weighted by Crippen LogP contribution is -2.66. The van der Waals surface area contributed by atoms with E-state index in [2.05, 4.69) is 0 Å². The van der Waals surface area contributed by atoms with Gasteiger partial charge in [0.15, 0.2) is 24.5 Å². The van der Waals surface area contributed by atoms with Crippen LogP contribution in [0.1, 0.15) is 40.2 Å². The molecule has 0 bridgehead atoms. The number of rotatable bonds is 8. The summed E-state index contributed by atoms with van der Waals surface area (Å²) in [5.74, 6) is -3.26. The van der Waals surface area contributed by atoms with Crippen LogP contribution < -0.4 is 0 Å². The molecule has 1 aromatic carbocycles. The maximum absolute atomic E-state index is 12.7. The van der Waals surface area contributed by atoms with Gasteiger partial charge in [0, 0.05) is 41.2 Å². The summed E-state index contributed by atoms with van der Waals surface area (Å²) in [7, 11) is 0. The molecule has 0 aliphatic carbocycles. The minimum absolute atomic E-state index is 0.0733. The third-order valence-electron chi connectivity index (χ3n) is 4.87. The topological polar surface area (TPSA) is 135 Å². The minimum Gasteiger partial charge on any atom is -0.463 e. The van der Waals surface area contributed by atoms with Crippen molar-refractivity contribution < 1.29 is 47.7 Å². The quantitative estimate of drug-likeness (QED) is 0.394. The van der Waals surface area contributed by atoms with Gasteiger partial charge < -0.3 is 28.6 Å². The Morgan fingerprint density at radius 2 is 1.29 bits per heavy atom. The number of nitrogens with zero attached hydrogens (tertiary/aromatic N) is 1. The lowest BCUT2D eigenvalue weighted by atomic mass is 9.96. The maximum atomic E-state index is 12.7. The van der Waals surface area contributed by atoms with E-state index in [9.17, 15) is 24.0 Å². The van der Waals surface area contributed by atoms with Crippen molar-refractivity contribution >= 4 is 29.8 Å². The summed E-state index contributed by atoms with van der Waals surface area (Å²) in [6, 6.07) is 8.99. The van der Waals surface area contributed by atoms with E-state index in [1.54, 1.807) is 24.3 Å². The van der Waals surface area contributed by atoms with Crippen molar-refractivity contribution in [2.45, 2.75) is 71.8 Å². The van der Waals surface area contributed by atoms with Crippen LogP contribution in [0.15, 0.2) is 30.3 Å². The van der Waals surface area contributed by atoms with Crippen LogP contribution in [0.2, 0.25) is 0 Å². The molecule has 2 rings (SSSR count). The molecule has 0 spiro atoms. The van der Waals surface area contributed by atoms with Crippen molar-refractivity contribution in [3.63, 3.8) is 0 Å². The van der Waals surface area contributed by atoms with Gasteiger partial charge in [-0.2, -0.15) is 0 Å². The van der Waals surface area contributed by atoms with E-state index < -0.39 is 60.4 Å². The zero-order chi connectivity index (χ0) is 25.4. The van der Waals surface area contributed by atoms with Crippen molar-refractivity contribution in [3.05, 3.63) is 35.9 Å². The summed E-state index contributed by atoms with van der Waals surface area (Å²) < 4.78 is 27.3. The molecule has 1 aliphatic heterocycles. The highest BCUT2D eigenvalue weighted by Gasteiger charge is 2.54. The molecular formula is C23H29NO10. The Balaban J connectivity index is 2.55. The Hall–Kier alpha value is -3.47. The maximum Gasteiger partial charge on any atom is 0.303 e. The van der Waals surface area contributed by atoms with E-state index in [4.69, 9.17) is 23.7 Å². The van der Waals surface area contributed by atoms with Crippen LogP contribution in [0.5, 0.6) is 0 Å². The summed E-state index contributed by atoms with van der Waals surface area (Å²) in [5.41, 5.74) is 0.755. The number of carbonyl (C=O) groups excluding carboxylic acids is 5. The summed E-state index contributed by atoms with van der Waals surface area (Å²) >= 11 is 0. The smallest absolute Gasteiger partial charge is 0.303 e. The largest absolute Gasteiger partial charge is 0.463 e. The molecule has 0 unspecified atom stereocenters. The molecule has 0 saturated carbocycles. The summed E-state index contributed by atoms with van der Waals surface area (Å²) in [5, 5.41) is 0. The van der Waals surface area contributed by atoms with Crippen molar-refractivity contribution in [2.24, 2.45) is 0 Å². The van der Waals surface area contributed by atoms with E-state index >= 15 is 0 Å². The van der Waals surface area contributed by atoms with Gasteiger partial charge in [-0.25, -0.2) is 0 Å². The molecule has 0 radical (unpaired) electrons. The van der Waals surface area contributed by atoms with E-state index in [0.717, 1.165) is 26.3 Å². The molecule has 11 heteroatoms. The molecule has 1 aliphatic rings. The molecule has 1 saturated heterocycles. The average Bonchev–Trinajstić information content (AvgIpc) is 2.73. The summed E-state index contributed by atoms with van der Waals surface area (Å²) in [6.07, 6.45) is -6.36. The predicted octanol–water partition coefficient (Wildman–Crippen LogP) is 1.12. The molecule has 1 heterocycles. The molecule has 186 valence electrons. The predicted molar refractivity (Wildman–Crippen MR) is 115 cm³/mol. The van der Waals surface area contributed by atoms with Crippen molar-refractivity contribution in [3.8, 4) is 0 Å². The Bertz CT molecular complexity index is 902. The molecular weight excluding hydrogens is 450 g/mol. The first kappa shape index (κ1) is 26.8. The van der Waals surface area contributed by atoms with Crippen molar-refractivity contribution in [2.75, 3.05) is 6.61 Å². The first-order chi connectivity index (χ1) is 16.0. The molecule has 1 amide bonds. The van der Waals surface area contributed by atoms with Crippen LogP contribution >= 0.6 is 0 Å². The van der Waals surface area contributed by atoms with Gasteiger partial charge in [-0.05, 0) is 5.56 Å². The number of hydrogen-bond acceptors (Lipinski definition) is 10. The van der Waals surface area contributed by atoms with Crippen LogP contribution in [-0.2, 0) is 54.2 Å². The normalized spacial score (nSPS) is 23.9.